The lowest BCUT2D eigenvalue weighted by Gasteiger charge is -2.31. The van der Waals surface area contributed by atoms with Crippen LogP contribution in [0.25, 0.3) is 0 Å². The van der Waals surface area contributed by atoms with Crippen molar-refractivity contribution >= 4 is 28.1 Å². The fraction of sp³-hybridized carbons (Fsp3) is 0.538. The molecular weight excluding hydrogens is 387 g/mol. The molecule has 0 aliphatic carbocycles. The molecule has 0 spiro atoms. The zero-order valence-electron chi connectivity index (χ0n) is 13.1. The Morgan fingerprint density at radius 1 is 1.28 bits per heavy atom. The molecule has 7 nitrogen and oxygen atoms in total. The maximum atomic E-state index is 13.2. The number of benzene rings is 1. The Hall–Kier alpha value is -1.43. The largest absolute Gasteiger partial charge is 0.417 e. The number of sulfonamides is 1. The molecule has 2 rings (SSSR count). The first-order valence-electron chi connectivity index (χ1n) is 7.10. The Morgan fingerprint density at radius 3 is 2.28 bits per heavy atom. The summed E-state index contributed by atoms with van der Waals surface area (Å²) < 4.78 is 65.7. The zero-order valence-corrected chi connectivity index (χ0v) is 14.7. The summed E-state index contributed by atoms with van der Waals surface area (Å²) in [5, 5.41) is 13.7. The number of hydrogen-bond donors (Lipinski definition) is 1. The van der Waals surface area contributed by atoms with Crippen molar-refractivity contribution in [1.29, 1.82) is 0 Å². The van der Waals surface area contributed by atoms with E-state index in [2.05, 4.69) is 5.32 Å². The van der Waals surface area contributed by atoms with E-state index in [1.165, 1.54) is 0 Å². The molecule has 1 fully saturated rings. The lowest BCUT2D eigenvalue weighted by atomic mass is 10.1. The van der Waals surface area contributed by atoms with Gasteiger partial charge in [-0.2, -0.15) is 17.5 Å². The smallest absolute Gasteiger partial charge is 0.317 e. The van der Waals surface area contributed by atoms with Gasteiger partial charge in [0, 0.05) is 31.3 Å². The van der Waals surface area contributed by atoms with Crippen molar-refractivity contribution in [3.8, 4) is 0 Å². The van der Waals surface area contributed by atoms with Gasteiger partial charge in [0.15, 0.2) is 0 Å². The Morgan fingerprint density at radius 2 is 1.84 bits per heavy atom. The quantitative estimate of drug-likeness (QED) is 0.615. The van der Waals surface area contributed by atoms with E-state index in [-0.39, 0.29) is 37.6 Å². The second kappa shape index (κ2) is 7.85. The number of halogens is 4. The molecule has 0 saturated carbocycles. The minimum absolute atomic E-state index is 0. The average Bonchev–Trinajstić information content (AvgIpc) is 2.53. The lowest BCUT2D eigenvalue weighted by molar-refractivity contribution is -0.385. The van der Waals surface area contributed by atoms with Gasteiger partial charge in [0.25, 0.3) is 5.69 Å². The fourth-order valence-electron chi connectivity index (χ4n) is 2.60. The fourth-order valence-corrected chi connectivity index (χ4v) is 4.26. The Bertz CT molecular complexity index is 735. The van der Waals surface area contributed by atoms with Gasteiger partial charge in [-0.3, -0.25) is 10.1 Å². The maximum absolute atomic E-state index is 13.2. The maximum Gasteiger partial charge on any atom is 0.417 e. The molecule has 0 atom stereocenters. The molecule has 1 saturated heterocycles. The molecular formula is C13H17ClF3N3O4S. The van der Waals surface area contributed by atoms with Crippen LogP contribution in [0, 0.1) is 10.1 Å². The highest BCUT2D eigenvalue weighted by atomic mass is 35.5. The van der Waals surface area contributed by atoms with E-state index >= 15 is 0 Å². The van der Waals surface area contributed by atoms with Crippen molar-refractivity contribution in [2.75, 3.05) is 20.1 Å². The van der Waals surface area contributed by atoms with Gasteiger partial charge in [-0.05, 0) is 26.0 Å². The van der Waals surface area contributed by atoms with E-state index in [9.17, 15) is 31.7 Å². The number of nitro benzene ring substituents is 1. The van der Waals surface area contributed by atoms with Crippen molar-refractivity contribution < 1.29 is 26.5 Å². The Labute approximate surface area is 148 Å². The molecule has 0 bridgehead atoms. The number of alkyl halides is 3. The first-order valence-corrected chi connectivity index (χ1v) is 8.54. The number of nitrogens with one attached hydrogen (secondary N) is 1. The predicted molar refractivity (Wildman–Crippen MR) is 86.2 cm³/mol. The normalized spacial score (nSPS) is 17.1. The molecule has 0 unspecified atom stereocenters. The van der Waals surface area contributed by atoms with Crippen LogP contribution in [-0.4, -0.2) is 43.8 Å². The molecule has 142 valence electrons. The third-order valence-corrected chi connectivity index (χ3v) is 5.92. The molecule has 1 aliphatic heterocycles. The SMILES string of the molecule is CNC1CCN(S(=O)(=O)c2ccc([N+](=O)[O-])cc2C(F)(F)F)CC1.Cl. The number of hydrogen-bond acceptors (Lipinski definition) is 5. The third kappa shape index (κ3) is 4.60. The summed E-state index contributed by atoms with van der Waals surface area (Å²) in [5.41, 5.74) is -2.33. The summed E-state index contributed by atoms with van der Waals surface area (Å²) in [6.07, 6.45) is -4.06. The van der Waals surface area contributed by atoms with Crippen molar-refractivity contribution in [3.63, 3.8) is 0 Å². The van der Waals surface area contributed by atoms with Gasteiger partial charge in [-0.15, -0.1) is 12.4 Å². The van der Waals surface area contributed by atoms with E-state index in [0.29, 0.717) is 18.9 Å². The van der Waals surface area contributed by atoms with Crippen LogP contribution >= 0.6 is 12.4 Å². The summed E-state index contributed by atoms with van der Waals surface area (Å²) in [4.78, 5) is 8.73. The molecule has 0 radical (unpaired) electrons. The van der Waals surface area contributed by atoms with Crippen molar-refractivity contribution in [2.24, 2.45) is 0 Å². The van der Waals surface area contributed by atoms with Gasteiger partial charge in [0.1, 0.15) is 0 Å². The summed E-state index contributed by atoms with van der Waals surface area (Å²) in [6.45, 7) is 0.171. The van der Waals surface area contributed by atoms with Crippen LogP contribution in [0.3, 0.4) is 0 Å². The molecule has 1 aromatic rings. The van der Waals surface area contributed by atoms with Gasteiger partial charge in [0.05, 0.1) is 15.4 Å². The van der Waals surface area contributed by atoms with Crippen molar-refractivity contribution in [1.82, 2.24) is 9.62 Å². The molecule has 25 heavy (non-hydrogen) atoms. The molecule has 0 aromatic heterocycles. The number of non-ortho nitro benzene ring substituents is 1. The zero-order chi connectivity index (χ0) is 18.1. The van der Waals surface area contributed by atoms with E-state index in [0.717, 1.165) is 10.4 Å². The number of rotatable bonds is 4. The Kier molecular flexibility index (Phi) is 6.79. The van der Waals surface area contributed by atoms with Crippen LogP contribution < -0.4 is 5.32 Å². The predicted octanol–water partition coefficient (Wildman–Crippen LogP) is 2.41. The van der Waals surface area contributed by atoms with Crippen LogP contribution in [0.5, 0.6) is 0 Å². The van der Waals surface area contributed by atoms with Gasteiger partial charge < -0.3 is 5.32 Å². The lowest BCUT2D eigenvalue weighted by Crippen LogP contribution is -2.44. The first-order chi connectivity index (χ1) is 11.1. The minimum atomic E-state index is -5.02. The molecule has 12 heteroatoms. The van der Waals surface area contributed by atoms with Gasteiger partial charge in [0.2, 0.25) is 10.0 Å². The van der Waals surface area contributed by atoms with E-state index in [1.54, 1.807) is 7.05 Å². The third-order valence-electron chi connectivity index (χ3n) is 3.96. The molecule has 1 N–H and O–H groups in total. The van der Waals surface area contributed by atoms with Crippen LogP contribution in [-0.2, 0) is 16.2 Å². The first kappa shape index (κ1) is 21.6. The highest BCUT2D eigenvalue weighted by Crippen LogP contribution is 2.37. The monoisotopic (exact) mass is 403 g/mol. The summed E-state index contributed by atoms with van der Waals surface area (Å²) in [5.74, 6) is 0. The van der Waals surface area contributed by atoms with Gasteiger partial charge >= 0.3 is 6.18 Å². The van der Waals surface area contributed by atoms with E-state index in [4.69, 9.17) is 0 Å². The van der Waals surface area contributed by atoms with Crippen molar-refractivity contribution in [2.45, 2.75) is 30.0 Å². The number of piperidine rings is 1. The number of nitro groups is 1. The van der Waals surface area contributed by atoms with E-state index < -0.39 is 37.3 Å². The van der Waals surface area contributed by atoms with Crippen LogP contribution in [0.1, 0.15) is 18.4 Å². The highest BCUT2D eigenvalue weighted by molar-refractivity contribution is 7.89. The minimum Gasteiger partial charge on any atom is -0.317 e. The van der Waals surface area contributed by atoms with Crippen LogP contribution in [0.4, 0.5) is 18.9 Å². The second-order valence-corrected chi connectivity index (χ2v) is 7.31. The van der Waals surface area contributed by atoms with E-state index in [1.807, 2.05) is 0 Å². The standard InChI is InChI=1S/C13H16F3N3O4S.ClH/c1-17-9-4-6-18(7-5-9)24(22,23)12-3-2-10(19(20)21)8-11(12)13(14,15)16;/h2-3,8-9,17H,4-7H2,1H3;1H. The second-order valence-electron chi connectivity index (χ2n) is 5.40. The van der Waals surface area contributed by atoms with Gasteiger partial charge in [-0.25, -0.2) is 8.42 Å². The topological polar surface area (TPSA) is 92.6 Å². The Balaban J connectivity index is 0.00000312. The summed E-state index contributed by atoms with van der Waals surface area (Å²) >= 11 is 0. The van der Waals surface area contributed by atoms with Crippen molar-refractivity contribution in [3.05, 3.63) is 33.9 Å². The van der Waals surface area contributed by atoms with Gasteiger partial charge in [-0.1, -0.05) is 0 Å². The van der Waals surface area contributed by atoms with Crippen LogP contribution in [0.15, 0.2) is 23.1 Å². The molecule has 0 amide bonds. The molecule has 1 aromatic carbocycles. The number of nitrogens with zero attached hydrogens (tertiary/aromatic N) is 2. The summed E-state index contributed by atoms with van der Waals surface area (Å²) in [7, 11) is -2.66. The highest BCUT2D eigenvalue weighted by Gasteiger charge is 2.41. The summed E-state index contributed by atoms with van der Waals surface area (Å²) in [6, 6.07) is 1.78. The van der Waals surface area contributed by atoms with Crippen LogP contribution in [0.2, 0.25) is 0 Å². The molecule has 1 heterocycles. The average molecular weight is 404 g/mol. The molecule has 1 aliphatic rings.